The molecular weight excluding hydrogens is 230 g/mol. The number of nitrogens with zero attached hydrogens (tertiary/aromatic N) is 4. The van der Waals surface area contributed by atoms with E-state index in [1.54, 1.807) is 4.68 Å². The van der Waals surface area contributed by atoms with E-state index < -0.39 is 0 Å². The van der Waals surface area contributed by atoms with E-state index >= 15 is 0 Å². The van der Waals surface area contributed by atoms with Crippen molar-refractivity contribution >= 4 is 5.69 Å². The number of hydrogen-bond donors (Lipinski definition) is 1. The Labute approximate surface area is 106 Å². The maximum atomic E-state index is 5.66. The Balaban J connectivity index is 2.19. The minimum absolute atomic E-state index is 0.0750. The lowest BCUT2D eigenvalue weighted by Crippen LogP contribution is -2.18. The number of benzene rings is 1. The molecule has 2 rings (SSSR count). The summed E-state index contributed by atoms with van der Waals surface area (Å²) in [6.45, 7) is 5.27. The van der Waals surface area contributed by atoms with Crippen LogP contribution in [0.4, 0.5) is 5.69 Å². The Morgan fingerprint density at radius 2 is 2.06 bits per heavy atom. The van der Waals surface area contributed by atoms with Crippen LogP contribution in [0.15, 0.2) is 24.3 Å². The standard InChI is InChI=1S/C12H17N5O/c1-3-18-9(2)8-17-12(14-15-16-17)10-4-6-11(13)7-5-10/h4-7,9H,3,8,13H2,1-2H3. The van der Waals surface area contributed by atoms with E-state index in [0.29, 0.717) is 13.2 Å². The van der Waals surface area contributed by atoms with Gasteiger partial charge in [0, 0.05) is 17.9 Å². The van der Waals surface area contributed by atoms with Crippen LogP contribution in [0.5, 0.6) is 0 Å². The minimum atomic E-state index is 0.0750. The highest BCUT2D eigenvalue weighted by Crippen LogP contribution is 2.17. The van der Waals surface area contributed by atoms with Crippen molar-refractivity contribution in [2.24, 2.45) is 0 Å². The van der Waals surface area contributed by atoms with E-state index in [4.69, 9.17) is 10.5 Å². The lowest BCUT2D eigenvalue weighted by molar-refractivity contribution is 0.0614. The van der Waals surface area contributed by atoms with Gasteiger partial charge >= 0.3 is 0 Å². The first-order chi connectivity index (χ1) is 8.70. The summed E-state index contributed by atoms with van der Waals surface area (Å²) in [6.07, 6.45) is 0.0750. The second kappa shape index (κ2) is 5.59. The van der Waals surface area contributed by atoms with Crippen LogP contribution in [-0.2, 0) is 11.3 Å². The Hall–Kier alpha value is -1.95. The molecule has 0 fully saturated rings. The van der Waals surface area contributed by atoms with Crippen molar-refractivity contribution in [2.45, 2.75) is 26.5 Å². The molecule has 0 saturated heterocycles. The van der Waals surface area contributed by atoms with Crippen LogP contribution in [0.2, 0.25) is 0 Å². The van der Waals surface area contributed by atoms with Crippen molar-refractivity contribution in [1.29, 1.82) is 0 Å². The molecule has 6 heteroatoms. The van der Waals surface area contributed by atoms with Gasteiger partial charge in [0.2, 0.25) is 0 Å². The molecule has 1 aromatic carbocycles. The minimum Gasteiger partial charge on any atom is -0.399 e. The average Bonchev–Trinajstić information content (AvgIpc) is 2.78. The number of tetrazole rings is 1. The first-order valence-corrected chi connectivity index (χ1v) is 5.94. The Bertz CT molecular complexity index is 493. The highest BCUT2D eigenvalue weighted by Gasteiger charge is 2.11. The van der Waals surface area contributed by atoms with Gasteiger partial charge in [-0.1, -0.05) is 0 Å². The van der Waals surface area contributed by atoms with Gasteiger partial charge in [-0.05, 0) is 48.5 Å². The van der Waals surface area contributed by atoms with Crippen LogP contribution >= 0.6 is 0 Å². The van der Waals surface area contributed by atoms with Crippen LogP contribution in [0.1, 0.15) is 13.8 Å². The number of anilines is 1. The summed E-state index contributed by atoms with van der Waals surface area (Å²) >= 11 is 0. The number of hydrogen-bond acceptors (Lipinski definition) is 5. The van der Waals surface area contributed by atoms with Gasteiger partial charge in [0.25, 0.3) is 0 Å². The van der Waals surface area contributed by atoms with Gasteiger partial charge in [0.15, 0.2) is 5.82 Å². The summed E-state index contributed by atoms with van der Waals surface area (Å²) in [6, 6.07) is 7.48. The third-order valence-electron chi connectivity index (χ3n) is 2.58. The zero-order valence-corrected chi connectivity index (χ0v) is 10.6. The monoisotopic (exact) mass is 247 g/mol. The summed E-state index contributed by atoms with van der Waals surface area (Å²) in [5, 5.41) is 11.7. The first-order valence-electron chi connectivity index (χ1n) is 5.94. The van der Waals surface area contributed by atoms with Gasteiger partial charge in [-0.3, -0.25) is 0 Å². The third kappa shape index (κ3) is 2.84. The number of aromatic nitrogens is 4. The fraction of sp³-hybridized carbons (Fsp3) is 0.417. The molecule has 0 aliphatic rings. The molecule has 0 saturated carbocycles. The summed E-state index contributed by atoms with van der Waals surface area (Å²) in [7, 11) is 0. The molecule has 1 atom stereocenters. The van der Waals surface area contributed by atoms with Crippen molar-refractivity contribution in [1.82, 2.24) is 20.2 Å². The van der Waals surface area contributed by atoms with Gasteiger partial charge in [-0.15, -0.1) is 5.10 Å². The van der Waals surface area contributed by atoms with Crippen LogP contribution in [-0.4, -0.2) is 32.9 Å². The molecule has 0 radical (unpaired) electrons. The molecule has 1 aromatic heterocycles. The first kappa shape index (κ1) is 12.5. The summed E-state index contributed by atoms with van der Waals surface area (Å²) in [5.41, 5.74) is 7.33. The van der Waals surface area contributed by atoms with Crippen molar-refractivity contribution in [3.63, 3.8) is 0 Å². The van der Waals surface area contributed by atoms with E-state index in [0.717, 1.165) is 17.1 Å². The van der Waals surface area contributed by atoms with E-state index in [-0.39, 0.29) is 6.10 Å². The van der Waals surface area contributed by atoms with Gasteiger partial charge in [0.05, 0.1) is 12.6 Å². The van der Waals surface area contributed by atoms with Gasteiger partial charge < -0.3 is 10.5 Å². The Morgan fingerprint density at radius 3 is 2.72 bits per heavy atom. The molecule has 0 aliphatic heterocycles. The smallest absolute Gasteiger partial charge is 0.182 e. The molecule has 18 heavy (non-hydrogen) atoms. The normalized spacial score (nSPS) is 12.6. The quantitative estimate of drug-likeness (QED) is 0.807. The predicted octanol–water partition coefficient (Wildman–Crippen LogP) is 1.35. The van der Waals surface area contributed by atoms with E-state index in [1.807, 2.05) is 38.1 Å². The van der Waals surface area contributed by atoms with E-state index in [9.17, 15) is 0 Å². The SMILES string of the molecule is CCOC(C)Cn1nnnc1-c1ccc(N)cc1. The number of nitrogens with two attached hydrogens (primary N) is 1. The number of rotatable bonds is 5. The lowest BCUT2D eigenvalue weighted by atomic mass is 10.2. The average molecular weight is 247 g/mol. The molecular formula is C12H17N5O. The second-order valence-corrected chi connectivity index (χ2v) is 4.07. The highest BCUT2D eigenvalue weighted by molar-refractivity contribution is 5.58. The van der Waals surface area contributed by atoms with Crippen LogP contribution in [0.25, 0.3) is 11.4 Å². The molecule has 1 heterocycles. The largest absolute Gasteiger partial charge is 0.399 e. The van der Waals surface area contributed by atoms with Gasteiger partial charge in [0.1, 0.15) is 0 Å². The second-order valence-electron chi connectivity index (χ2n) is 4.07. The Morgan fingerprint density at radius 1 is 1.33 bits per heavy atom. The molecule has 2 N–H and O–H groups in total. The fourth-order valence-corrected chi connectivity index (χ4v) is 1.75. The molecule has 2 aromatic rings. The number of nitrogen functional groups attached to an aromatic ring is 1. The van der Waals surface area contributed by atoms with Crippen molar-refractivity contribution in [2.75, 3.05) is 12.3 Å². The summed E-state index contributed by atoms with van der Waals surface area (Å²) in [4.78, 5) is 0. The predicted molar refractivity (Wildman–Crippen MR) is 68.8 cm³/mol. The topological polar surface area (TPSA) is 78.8 Å². The van der Waals surface area contributed by atoms with Crippen molar-refractivity contribution < 1.29 is 4.74 Å². The van der Waals surface area contributed by atoms with Crippen molar-refractivity contribution in [3.8, 4) is 11.4 Å². The van der Waals surface area contributed by atoms with Crippen LogP contribution in [0, 0.1) is 0 Å². The summed E-state index contributed by atoms with van der Waals surface area (Å²) in [5.74, 6) is 0.724. The maximum Gasteiger partial charge on any atom is 0.182 e. The molecule has 96 valence electrons. The lowest BCUT2D eigenvalue weighted by Gasteiger charge is -2.12. The zero-order valence-electron chi connectivity index (χ0n) is 10.6. The molecule has 1 unspecified atom stereocenters. The van der Waals surface area contributed by atoms with E-state index in [2.05, 4.69) is 15.5 Å². The molecule has 0 aliphatic carbocycles. The molecule has 0 bridgehead atoms. The molecule has 0 spiro atoms. The maximum absolute atomic E-state index is 5.66. The third-order valence-corrected chi connectivity index (χ3v) is 2.58. The van der Waals surface area contributed by atoms with E-state index in [1.165, 1.54) is 0 Å². The highest BCUT2D eigenvalue weighted by atomic mass is 16.5. The van der Waals surface area contributed by atoms with Gasteiger partial charge in [-0.2, -0.15) is 0 Å². The van der Waals surface area contributed by atoms with Crippen LogP contribution in [0.3, 0.4) is 0 Å². The van der Waals surface area contributed by atoms with Crippen molar-refractivity contribution in [3.05, 3.63) is 24.3 Å². The zero-order chi connectivity index (χ0) is 13.0. The fourth-order valence-electron chi connectivity index (χ4n) is 1.75. The molecule has 6 nitrogen and oxygen atoms in total. The van der Waals surface area contributed by atoms with Crippen LogP contribution < -0.4 is 5.73 Å². The Kier molecular flexibility index (Phi) is 3.88. The molecule has 0 amide bonds. The number of ether oxygens (including phenoxy) is 1. The summed E-state index contributed by atoms with van der Waals surface area (Å²) < 4.78 is 7.23. The van der Waals surface area contributed by atoms with Gasteiger partial charge in [-0.25, -0.2) is 4.68 Å².